The van der Waals surface area contributed by atoms with Gasteiger partial charge >= 0.3 is 0 Å². The molecule has 0 aliphatic heterocycles. The second-order valence-corrected chi connectivity index (χ2v) is 6.72. The number of halogens is 3. The minimum atomic E-state index is -1.04. The van der Waals surface area contributed by atoms with E-state index in [2.05, 4.69) is 15.1 Å². The summed E-state index contributed by atoms with van der Waals surface area (Å²) in [7, 11) is 0. The molecule has 0 spiro atoms. The molecule has 0 aliphatic rings. The number of carbonyl (C=O) groups excluding carboxylic acids is 1. The molecule has 1 atom stereocenters. The maximum atomic E-state index is 11.3. The summed E-state index contributed by atoms with van der Waals surface area (Å²) < 4.78 is 1.52. The van der Waals surface area contributed by atoms with E-state index in [4.69, 9.17) is 40.5 Å². The molecule has 2 N–H and O–H groups in total. The van der Waals surface area contributed by atoms with Gasteiger partial charge in [-0.15, -0.1) is 11.6 Å². The summed E-state index contributed by atoms with van der Waals surface area (Å²) in [5, 5.41) is 4.94. The van der Waals surface area contributed by atoms with Crippen molar-refractivity contribution >= 4 is 52.0 Å². The SMILES string of the molecule is NC(=O)C(Cl)c1nc(-c2ccc(Cl)cc2Cl)c(-n2cncn2)s1. The Morgan fingerprint density at radius 2 is 2.13 bits per heavy atom. The molecule has 0 radical (unpaired) electrons. The van der Waals surface area contributed by atoms with E-state index in [0.29, 0.717) is 31.3 Å². The number of nitrogens with zero attached hydrogens (tertiary/aromatic N) is 4. The van der Waals surface area contributed by atoms with Crippen LogP contribution in [0.15, 0.2) is 30.9 Å². The first kappa shape index (κ1) is 16.2. The Balaban J connectivity index is 2.20. The highest BCUT2D eigenvalue weighted by Crippen LogP contribution is 2.39. The number of alkyl halides is 1. The van der Waals surface area contributed by atoms with Crippen molar-refractivity contribution in [1.29, 1.82) is 0 Å². The van der Waals surface area contributed by atoms with Gasteiger partial charge in [0.25, 0.3) is 0 Å². The molecule has 6 nitrogen and oxygen atoms in total. The third-order valence-corrected chi connectivity index (χ3v) is 5.11. The van der Waals surface area contributed by atoms with Gasteiger partial charge in [-0.1, -0.05) is 34.5 Å². The zero-order valence-electron chi connectivity index (χ0n) is 11.3. The van der Waals surface area contributed by atoms with Crippen LogP contribution in [0.1, 0.15) is 10.4 Å². The van der Waals surface area contributed by atoms with Crippen molar-refractivity contribution in [3.05, 3.63) is 45.9 Å². The molecule has 0 saturated heterocycles. The molecule has 1 aromatic carbocycles. The van der Waals surface area contributed by atoms with Gasteiger partial charge < -0.3 is 5.73 Å². The molecule has 23 heavy (non-hydrogen) atoms. The van der Waals surface area contributed by atoms with Crippen LogP contribution in [-0.4, -0.2) is 25.7 Å². The van der Waals surface area contributed by atoms with Gasteiger partial charge in [-0.05, 0) is 18.2 Å². The highest BCUT2D eigenvalue weighted by atomic mass is 35.5. The second-order valence-electron chi connectivity index (χ2n) is 4.44. The van der Waals surface area contributed by atoms with Crippen molar-refractivity contribution in [2.45, 2.75) is 5.38 Å². The van der Waals surface area contributed by atoms with Crippen LogP contribution in [0.2, 0.25) is 10.0 Å². The predicted octanol–water partition coefficient (Wildman–Crippen LogP) is 3.46. The Morgan fingerprint density at radius 3 is 2.74 bits per heavy atom. The molecule has 0 saturated carbocycles. The molecule has 1 amide bonds. The molecular formula is C13H8Cl3N5OS. The Hall–Kier alpha value is -1.67. The molecule has 118 valence electrons. The van der Waals surface area contributed by atoms with Crippen LogP contribution in [0.25, 0.3) is 16.3 Å². The average Bonchev–Trinajstić information content (AvgIpc) is 3.15. The van der Waals surface area contributed by atoms with Crippen LogP contribution >= 0.6 is 46.1 Å². The van der Waals surface area contributed by atoms with Crippen molar-refractivity contribution < 1.29 is 4.79 Å². The Kier molecular flexibility index (Phi) is 4.54. The van der Waals surface area contributed by atoms with E-state index < -0.39 is 11.3 Å². The molecular weight excluding hydrogens is 381 g/mol. The third kappa shape index (κ3) is 3.18. The van der Waals surface area contributed by atoms with Gasteiger partial charge in [-0.2, -0.15) is 5.10 Å². The second kappa shape index (κ2) is 6.45. The number of amides is 1. The standard InChI is InChI=1S/C13H8Cl3N5OS/c14-6-1-2-7(8(15)3-6)10-13(21-5-18-4-19-21)23-12(20-10)9(16)11(17)22/h1-5,9H,(H2,17,22). The first-order valence-corrected chi connectivity index (χ1v) is 8.23. The third-order valence-electron chi connectivity index (χ3n) is 2.91. The molecule has 2 aromatic heterocycles. The number of aromatic nitrogens is 4. The first-order valence-electron chi connectivity index (χ1n) is 6.22. The smallest absolute Gasteiger partial charge is 0.242 e. The fourth-order valence-corrected chi connectivity index (χ4v) is 3.56. The van der Waals surface area contributed by atoms with Crippen LogP contribution < -0.4 is 5.73 Å². The molecule has 2 heterocycles. The number of carbonyl (C=O) groups is 1. The number of benzene rings is 1. The van der Waals surface area contributed by atoms with Crippen LogP contribution in [0, 0.1) is 0 Å². The summed E-state index contributed by atoms with van der Waals surface area (Å²) in [5.41, 5.74) is 6.41. The van der Waals surface area contributed by atoms with E-state index in [9.17, 15) is 4.79 Å². The number of primary amides is 1. The van der Waals surface area contributed by atoms with Gasteiger partial charge in [0.15, 0.2) is 5.38 Å². The molecule has 1 unspecified atom stereocenters. The van der Waals surface area contributed by atoms with Crippen molar-refractivity contribution in [1.82, 2.24) is 19.7 Å². The lowest BCUT2D eigenvalue weighted by atomic mass is 10.1. The zero-order chi connectivity index (χ0) is 16.6. The maximum absolute atomic E-state index is 11.3. The summed E-state index contributed by atoms with van der Waals surface area (Å²) in [4.78, 5) is 19.7. The number of hydrogen-bond acceptors (Lipinski definition) is 5. The Labute approximate surface area is 149 Å². The molecule has 0 fully saturated rings. The maximum Gasteiger partial charge on any atom is 0.242 e. The first-order chi connectivity index (χ1) is 11.0. The van der Waals surface area contributed by atoms with E-state index in [-0.39, 0.29) is 0 Å². The topological polar surface area (TPSA) is 86.7 Å². The minimum Gasteiger partial charge on any atom is -0.368 e. The lowest BCUT2D eigenvalue weighted by Crippen LogP contribution is -2.16. The van der Waals surface area contributed by atoms with E-state index in [1.165, 1.54) is 28.7 Å². The van der Waals surface area contributed by atoms with Crippen LogP contribution in [0.4, 0.5) is 0 Å². The predicted molar refractivity (Wildman–Crippen MR) is 90.3 cm³/mol. The highest BCUT2D eigenvalue weighted by molar-refractivity contribution is 7.15. The van der Waals surface area contributed by atoms with Gasteiger partial charge in [0.05, 0.1) is 5.02 Å². The largest absolute Gasteiger partial charge is 0.368 e. The molecule has 0 bridgehead atoms. The zero-order valence-corrected chi connectivity index (χ0v) is 14.4. The summed E-state index contributed by atoms with van der Waals surface area (Å²) >= 11 is 19.4. The van der Waals surface area contributed by atoms with E-state index in [1.54, 1.807) is 18.2 Å². The van der Waals surface area contributed by atoms with Crippen LogP contribution in [0.5, 0.6) is 0 Å². The van der Waals surface area contributed by atoms with E-state index in [0.717, 1.165) is 0 Å². The Bertz CT molecular complexity index is 865. The molecule has 0 aliphatic carbocycles. The van der Waals surface area contributed by atoms with Crippen LogP contribution in [0.3, 0.4) is 0 Å². The highest BCUT2D eigenvalue weighted by Gasteiger charge is 2.24. The van der Waals surface area contributed by atoms with Gasteiger partial charge in [0, 0.05) is 10.6 Å². The number of hydrogen-bond donors (Lipinski definition) is 1. The molecule has 10 heteroatoms. The molecule has 3 rings (SSSR count). The van der Waals surface area contributed by atoms with Crippen molar-refractivity contribution in [2.75, 3.05) is 0 Å². The van der Waals surface area contributed by atoms with Gasteiger partial charge in [0.1, 0.15) is 28.4 Å². The monoisotopic (exact) mass is 387 g/mol. The summed E-state index contributed by atoms with van der Waals surface area (Å²) in [5.74, 6) is -0.681. The summed E-state index contributed by atoms with van der Waals surface area (Å²) in [6.45, 7) is 0. The number of thiazole rings is 1. The minimum absolute atomic E-state index is 0.352. The average molecular weight is 389 g/mol. The van der Waals surface area contributed by atoms with Gasteiger partial charge in [-0.25, -0.2) is 14.6 Å². The molecule has 3 aromatic rings. The lowest BCUT2D eigenvalue weighted by molar-refractivity contribution is -0.117. The number of rotatable bonds is 4. The fourth-order valence-electron chi connectivity index (χ4n) is 1.88. The van der Waals surface area contributed by atoms with Crippen molar-refractivity contribution in [2.24, 2.45) is 5.73 Å². The van der Waals surface area contributed by atoms with Crippen LogP contribution in [-0.2, 0) is 4.79 Å². The fraction of sp³-hybridized carbons (Fsp3) is 0.0769. The van der Waals surface area contributed by atoms with Gasteiger partial charge in [0.2, 0.25) is 5.91 Å². The van der Waals surface area contributed by atoms with E-state index >= 15 is 0 Å². The summed E-state index contributed by atoms with van der Waals surface area (Å²) in [6, 6.07) is 5.03. The quantitative estimate of drug-likeness (QED) is 0.693. The normalized spacial score (nSPS) is 12.3. The van der Waals surface area contributed by atoms with E-state index in [1.807, 2.05) is 0 Å². The lowest BCUT2D eigenvalue weighted by Gasteiger charge is -2.04. The van der Waals surface area contributed by atoms with Crippen molar-refractivity contribution in [3.8, 4) is 16.3 Å². The Morgan fingerprint density at radius 1 is 1.35 bits per heavy atom. The number of nitrogens with two attached hydrogens (primary N) is 1. The van der Waals surface area contributed by atoms with Crippen molar-refractivity contribution in [3.63, 3.8) is 0 Å². The van der Waals surface area contributed by atoms with Gasteiger partial charge in [-0.3, -0.25) is 4.79 Å². The summed E-state index contributed by atoms with van der Waals surface area (Å²) in [6.07, 6.45) is 2.90.